The molecule has 0 aliphatic rings. The van der Waals surface area contributed by atoms with E-state index < -0.39 is 24.3 Å². The first-order valence-corrected chi connectivity index (χ1v) is 28.3. The van der Waals surface area contributed by atoms with Gasteiger partial charge in [0.25, 0.3) is 6.29 Å². The van der Waals surface area contributed by atoms with Crippen LogP contribution >= 0.6 is 0 Å². The van der Waals surface area contributed by atoms with Crippen molar-refractivity contribution in [3.63, 3.8) is 0 Å². The fourth-order valence-corrected chi connectivity index (χ4v) is 7.10. The Morgan fingerprint density at radius 2 is 0.740 bits per heavy atom. The molecule has 0 heterocycles. The van der Waals surface area contributed by atoms with Gasteiger partial charge in [0, 0.05) is 12.8 Å². The van der Waals surface area contributed by atoms with Crippen molar-refractivity contribution in [1.82, 2.24) is 0 Å². The van der Waals surface area contributed by atoms with Crippen molar-refractivity contribution in [1.29, 1.82) is 0 Å². The summed E-state index contributed by atoms with van der Waals surface area (Å²) in [6.45, 7) is 4.58. The number of carbonyl (C=O) groups excluding carboxylic acids is 2. The van der Waals surface area contributed by atoms with E-state index in [-0.39, 0.29) is 38.6 Å². The molecule has 0 bridgehead atoms. The third-order valence-corrected chi connectivity index (χ3v) is 11.4. The van der Waals surface area contributed by atoms with Gasteiger partial charge < -0.3 is 28.5 Å². The number of rotatable bonds is 50. The Hall–Kier alpha value is -4.57. The van der Waals surface area contributed by atoms with Crippen LogP contribution < -0.4 is 0 Å². The van der Waals surface area contributed by atoms with Crippen molar-refractivity contribution in [2.75, 3.05) is 47.5 Å². The van der Waals surface area contributed by atoms with E-state index in [0.717, 1.165) is 116 Å². The summed E-state index contributed by atoms with van der Waals surface area (Å²) in [5.74, 6) is -2.07. The minimum atomic E-state index is -1.53. The molecule has 0 saturated heterocycles. The molecule has 0 aromatic heterocycles. The number of hydrogen-bond donors (Lipinski definition) is 1. The van der Waals surface area contributed by atoms with Crippen LogP contribution in [0.5, 0.6) is 0 Å². The van der Waals surface area contributed by atoms with Gasteiger partial charge in [-0.2, -0.15) is 0 Å². The fourth-order valence-electron chi connectivity index (χ4n) is 7.10. The molecule has 0 aromatic carbocycles. The van der Waals surface area contributed by atoms with Gasteiger partial charge in [0.2, 0.25) is 0 Å². The number of esters is 2. The number of unbranched alkanes of at least 4 members (excludes halogenated alkanes) is 13. The van der Waals surface area contributed by atoms with E-state index >= 15 is 0 Å². The molecule has 0 aliphatic heterocycles. The summed E-state index contributed by atoms with van der Waals surface area (Å²) in [6, 6.07) is 0. The number of likely N-dealkylation sites (N-methyl/N-ethyl adjacent to an activating group) is 1. The highest BCUT2D eigenvalue weighted by Crippen LogP contribution is 2.14. The van der Waals surface area contributed by atoms with Crippen LogP contribution in [0, 0.1) is 0 Å². The van der Waals surface area contributed by atoms with Crippen molar-refractivity contribution >= 4 is 17.9 Å². The number of hydrogen-bond acceptors (Lipinski definition) is 7. The van der Waals surface area contributed by atoms with Crippen LogP contribution in [0.3, 0.4) is 0 Å². The highest BCUT2D eigenvalue weighted by Gasteiger charge is 2.25. The maximum Gasteiger partial charge on any atom is 0.361 e. The summed E-state index contributed by atoms with van der Waals surface area (Å²) in [6.07, 6.45) is 73.8. The van der Waals surface area contributed by atoms with Gasteiger partial charge in [0.05, 0.1) is 34.4 Å². The predicted octanol–water partition coefficient (Wildman–Crippen LogP) is 16.7. The van der Waals surface area contributed by atoms with Gasteiger partial charge in [-0.1, -0.05) is 205 Å². The lowest BCUT2D eigenvalue weighted by Gasteiger charge is -2.25. The Bertz CT molecular complexity index is 1650. The SMILES string of the molecule is CC/C=C\C/C=C\C/C=C\C/C=C\C/C=C\C/C=C\CCCCCCCCCCCCC(=O)OC(COC(=O)CCCCC/C=C\C/C=C\C/C=C\C/C=C\C/C=C\CC)COC(OCC[N+](C)(C)C)C(=O)O. The van der Waals surface area contributed by atoms with Gasteiger partial charge in [-0.3, -0.25) is 9.59 Å². The van der Waals surface area contributed by atoms with Crippen molar-refractivity contribution in [2.24, 2.45) is 0 Å². The number of quaternary nitrogens is 1. The summed E-state index contributed by atoms with van der Waals surface area (Å²) in [7, 11) is 5.94. The van der Waals surface area contributed by atoms with E-state index in [1.807, 2.05) is 21.1 Å². The number of allylic oxidation sites excluding steroid dienone is 22. The molecular weight excluding hydrogens is 911 g/mol. The number of nitrogens with zero attached hydrogens (tertiary/aromatic N) is 1. The highest BCUT2D eigenvalue weighted by molar-refractivity contribution is 5.71. The Balaban J connectivity index is 4.34. The topological polar surface area (TPSA) is 108 Å². The zero-order valence-corrected chi connectivity index (χ0v) is 46.7. The lowest BCUT2D eigenvalue weighted by atomic mass is 10.0. The van der Waals surface area contributed by atoms with Gasteiger partial charge in [-0.25, -0.2) is 4.79 Å². The number of ether oxygens (including phenoxy) is 4. The predicted molar refractivity (Wildman–Crippen MR) is 308 cm³/mol. The lowest BCUT2D eigenvalue weighted by Crippen LogP contribution is -2.40. The molecule has 73 heavy (non-hydrogen) atoms. The summed E-state index contributed by atoms with van der Waals surface area (Å²) in [5, 5.41) is 9.70. The lowest BCUT2D eigenvalue weighted by molar-refractivity contribution is -0.870. The van der Waals surface area contributed by atoms with Crippen LogP contribution in [0.15, 0.2) is 134 Å². The van der Waals surface area contributed by atoms with E-state index in [4.69, 9.17) is 18.9 Å². The fraction of sp³-hybridized carbons (Fsp3) is 0.609. The first-order chi connectivity index (χ1) is 35.6. The van der Waals surface area contributed by atoms with Crippen molar-refractivity contribution in [3.8, 4) is 0 Å². The number of aliphatic carboxylic acids is 1. The molecule has 412 valence electrons. The Kier molecular flexibility index (Phi) is 50.4. The Labute approximate surface area is 446 Å². The second-order valence-corrected chi connectivity index (χ2v) is 19.5. The summed E-state index contributed by atoms with van der Waals surface area (Å²) in [4.78, 5) is 37.4. The smallest absolute Gasteiger partial charge is 0.361 e. The average molecular weight is 1020 g/mol. The zero-order chi connectivity index (χ0) is 53.4. The zero-order valence-electron chi connectivity index (χ0n) is 46.7. The van der Waals surface area contributed by atoms with Gasteiger partial charge in [0.15, 0.2) is 6.10 Å². The van der Waals surface area contributed by atoms with Crippen LogP contribution in [-0.4, -0.2) is 87.4 Å². The molecule has 0 aromatic rings. The second-order valence-electron chi connectivity index (χ2n) is 19.5. The van der Waals surface area contributed by atoms with E-state index in [2.05, 4.69) is 148 Å². The van der Waals surface area contributed by atoms with Crippen molar-refractivity contribution in [2.45, 2.75) is 206 Å². The normalized spacial score (nSPS) is 13.8. The van der Waals surface area contributed by atoms with Gasteiger partial charge in [0.1, 0.15) is 13.2 Å². The molecule has 0 aliphatic carbocycles. The molecule has 2 atom stereocenters. The van der Waals surface area contributed by atoms with E-state index in [1.165, 1.54) is 38.5 Å². The van der Waals surface area contributed by atoms with Gasteiger partial charge in [-0.05, 0) is 109 Å². The average Bonchev–Trinajstić information content (AvgIpc) is 3.36. The Morgan fingerprint density at radius 3 is 1.11 bits per heavy atom. The van der Waals surface area contributed by atoms with Crippen LogP contribution in [0.1, 0.15) is 194 Å². The summed E-state index contributed by atoms with van der Waals surface area (Å²) >= 11 is 0. The standard InChI is InChI=1S/C64H103NO8/c1-6-8-10-12-14-16-18-20-22-24-26-27-28-29-30-31-32-33-34-35-37-39-41-43-45-47-49-51-53-55-62(67)73-60(59-72-64(63(68)69)70-57-56-65(3,4)5)58-71-61(66)54-52-50-48-46-44-42-40-38-36-25-23-21-19-17-15-13-11-9-7-2/h8-11,14-17,20-23,26-27,29-30,32-33,36,38,42,44,60,64H,6-7,12-13,18-19,24-25,28,31,34-35,37,39-41,43,45-59H2,1-5H3/p+1/b10-8-,11-9-,16-14-,17-15-,22-20-,23-21-,27-26-,30-29-,33-32-,38-36-,44-42-. The largest absolute Gasteiger partial charge is 0.477 e. The second kappa shape index (κ2) is 53.7. The minimum absolute atomic E-state index is 0.173. The third kappa shape index (κ3) is 55.0. The molecular formula is C64H104NO8+. The minimum Gasteiger partial charge on any atom is -0.477 e. The Morgan fingerprint density at radius 1 is 0.411 bits per heavy atom. The molecule has 2 unspecified atom stereocenters. The molecule has 1 N–H and O–H groups in total. The van der Waals surface area contributed by atoms with E-state index in [1.54, 1.807) is 0 Å². The molecule has 0 saturated carbocycles. The highest BCUT2D eigenvalue weighted by atomic mass is 16.7. The molecule has 0 amide bonds. The maximum atomic E-state index is 12.9. The molecule has 9 nitrogen and oxygen atoms in total. The number of carbonyl (C=O) groups is 3. The van der Waals surface area contributed by atoms with Crippen LogP contribution in [-0.2, 0) is 33.3 Å². The molecule has 0 radical (unpaired) electrons. The van der Waals surface area contributed by atoms with Crippen molar-refractivity contribution in [3.05, 3.63) is 134 Å². The maximum absolute atomic E-state index is 12.9. The van der Waals surface area contributed by atoms with Gasteiger partial charge in [-0.15, -0.1) is 0 Å². The van der Waals surface area contributed by atoms with Crippen LogP contribution in [0.25, 0.3) is 0 Å². The van der Waals surface area contributed by atoms with Crippen LogP contribution in [0.2, 0.25) is 0 Å². The number of carboxylic acids is 1. The van der Waals surface area contributed by atoms with Crippen LogP contribution in [0.4, 0.5) is 0 Å². The summed E-state index contributed by atoms with van der Waals surface area (Å²) in [5.41, 5.74) is 0. The van der Waals surface area contributed by atoms with Crippen molar-refractivity contribution < 1.29 is 42.9 Å². The first kappa shape index (κ1) is 68.4. The van der Waals surface area contributed by atoms with Gasteiger partial charge >= 0.3 is 17.9 Å². The molecule has 0 fully saturated rings. The monoisotopic (exact) mass is 1010 g/mol. The van der Waals surface area contributed by atoms with E-state index in [9.17, 15) is 19.5 Å². The van der Waals surface area contributed by atoms with E-state index in [0.29, 0.717) is 23.9 Å². The quantitative estimate of drug-likeness (QED) is 0.0211. The first-order valence-electron chi connectivity index (χ1n) is 28.3. The molecule has 0 rings (SSSR count). The number of carboxylic acid groups (broad SMARTS) is 1. The summed E-state index contributed by atoms with van der Waals surface area (Å²) < 4.78 is 22.8. The molecule has 0 spiro atoms. The molecule has 9 heteroatoms. The third-order valence-electron chi connectivity index (χ3n) is 11.4.